The maximum Gasteiger partial charge on any atom is 0.323 e. The number of aliphatic carboxylic acids is 1. The molecular weight excluding hydrogens is 469 g/mol. The molecule has 0 fully saturated rings. The minimum Gasteiger partial charge on any atom is -0.487 e. The van der Waals surface area contributed by atoms with E-state index in [1.54, 1.807) is 24.3 Å². The molecule has 0 aliphatic carbocycles. The highest BCUT2D eigenvalue weighted by atomic mass is 35.5. The number of rotatable bonds is 9. The Balaban J connectivity index is 1.42. The van der Waals surface area contributed by atoms with E-state index >= 15 is 0 Å². The third kappa shape index (κ3) is 6.40. The molecule has 1 atom stereocenters. The minimum atomic E-state index is -1.05. The smallest absolute Gasteiger partial charge is 0.323 e. The summed E-state index contributed by atoms with van der Waals surface area (Å²) in [6.45, 7) is 1.89. The van der Waals surface area contributed by atoms with Gasteiger partial charge >= 0.3 is 5.97 Å². The van der Waals surface area contributed by atoms with Crippen molar-refractivity contribution < 1.29 is 23.8 Å². The lowest BCUT2D eigenvalue weighted by Crippen LogP contribution is -2.38. The number of halogens is 2. The first kappa shape index (κ1) is 24.7. The average Bonchev–Trinajstić information content (AvgIpc) is 3.14. The van der Waals surface area contributed by atoms with E-state index in [0.29, 0.717) is 36.4 Å². The summed E-state index contributed by atoms with van der Waals surface area (Å²) in [4.78, 5) is 25.7. The van der Waals surface area contributed by atoms with Crippen molar-refractivity contribution in [3.63, 3.8) is 0 Å². The number of nitrogens with zero attached hydrogens (tertiary/aromatic N) is 1. The fourth-order valence-electron chi connectivity index (χ4n) is 4.48. The number of amides is 1. The molecule has 5 nitrogen and oxygen atoms in total. The molecule has 0 radical (unpaired) electrons. The number of carboxylic acid groups (broad SMARTS) is 1. The van der Waals surface area contributed by atoms with Crippen molar-refractivity contribution in [3.8, 4) is 5.75 Å². The van der Waals surface area contributed by atoms with Gasteiger partial charge in [0.2, 0.25) is 5.91 Å². The van der Waals surface area contributed by atoms with Gasteiger partial charge in [0.1, 0.15) is 23.7 Å². The quantitative estimate of drug-likeness (QED) is 0.448. The lowest BCUT2D eigenvalue weighted by Gasteiger charge is -2.24. The number of carbonyl (C=O) groups excluding carboxylic acids is 1. The number of carboxylic acids is 1. The van der Waals surface area contributed by atoms with Gasteiger partial charge in [0, 0.05) is 24.4 Å². The van der Waals surface area contributed by atoms with Crippen LogP contribution in [0.4, 0.5) is 4.39 Å². The van der Waals surface area contributed by atoms with E-state index in [2.05, 4.69) is 0 Å². The molecule has 1 aliphatic rings. The van der Waals surface area contributed by atoms with Gasteiger partial charge in [-0.1, -0.05) is 54.1 Å². The first-order chi connectivity index (χ1) is 16.7. The number of hydrogen-bond donors (Lipinski definition) is 1. The Labute approximate surface area is 209 Å². The molecule has 7 heteroatoms. The summed E-state index contributed by atoms with van der Waals surface area (Å²) >= 11 is 5.92. The standard InChI is InChI=1S/C28H27ClFNO4/c1-28(16-21-4-2-3-5-24(21)30)17-22-14-20(8-11-25(22)35-28)15-26(32)31(18-27(33)34)13-12-19-6-9-23(29)10-7-19/h2-11,14H,12-13,15-18H2,1H3,(H,33,34)/t28-/m0/s1. The molecule has 4 rings (SSSR count). The molecule has 0 bridgehead atoms. The molecule has 1 N–H and O–H groups in total. The summed E-state index contributed by atoms with van der Waals surface area (Å²) in [6, 6.07) is 19.5. The van der Waals surface area contributed by atoms with Crippen LogP contribution < -0.4 is 4.74 Å². The molecule has 0 spiro atoms. The first-order valence-corrected chi connectivity index (χ1v) is 11.9. The summed E-state index contributed by atoms with van der Waals surface area (Å²) in [5.74, 6) is -0.836. The van der Waals surface area contributed by atoms with Crippen LogP contribution in [0, 0.1) is 5.82 Å². The lowest BCUT2D eigenvalue weighted by atomic mass is 9.91. The highest BCUT2D eigenvalue weighted by Gasteiger charge is 2.35. The third-order valence-corrected chi connectivity index (χ3v) is 6.44. The Hall–Kier alpha value is -3.38. The Morgan fingerprint density at radius 1 is 1.09 bits per heavy atom. The number of carbonyl (C=O) groups is 2. The van der Waals surface area contributed by atoms with Crippen LogP contribution in [-0.2, 0) is 35.3 Å². The zero-order valence-electron chi connectivity index (χ0n) is 19.5. The van der Waals surface area contributed by atoms with Crippen LogP contribution in [-0.4, -0.2) is 40.6 Å². The van der Waals surface area contributed by atoms with E-state index in [0.717, 1.165) is 22.4 Å². The highest BCUT2D eigenvalue weighted by Crippen LogP contribution is 2.38. The Morgan fingerprint density at radius 2 is 1.80 bits per heavy atom. The molecule has 182 valence electrons. The van der Waals surface area contributed by atoms with Crippen molar-refractivity contribution in [3.05, 3.63) is 99.8 Å². The second kappa shape index (κ2) is 10.5. The molecule has 0 saturated heterocycles. The average molecular weight is 496 g/mol. The first-order valence-electron chi connectivity index (χ1n) is 11.5. The van der Waals surface area contributed by atoms with E-state index in [4.69, 9.17) is 16.3 Å². The summed E-state index contributed by atoms with van der Waals surface area (Å²) in [6.07, 6.45) is 1.64. The molecule has 3 aromatic rings. The number of benzene rings is 3. The second-order valence-corrected chi connectivity index (χ2v) is 9.64. The lowest BCUT2D eigenvalue weighted by molar-refractivity contribution is -0.144. The van der Waals surface area contributed by atoms with Gasteiger partial charge in [-0.3, -0.25) is 9.59 Å². The van der Waals surface area contributed by atoms with Gasteiger partial charge in [-0.25, -0.2) is 4.39 Å². The largest absolute Gasteiger partial charge is 0.487 e. The van der Waals surface area contributed by atoms with Gasteiger partial charge in [0.25, 0.3) is 0 Å². The van der Waals surface area contributed by atoms with Crippen molar-refractivity contribution in [1.29, 1.82) is 0 Å². The van der Waals surface area contributed by atoms with Gasteiger partial charge in [0.15, 0.2) is 0 Å². The fraction of sp³-hybridized carbons (Fsp3) is 0.286. The molecule has 0 aromatic heterocycles. The number of fused-ring (bicyclic) bond motifs is 1. The normalized spacial score (nSPS) is 16.4. The molecule has 1 amide bonds. The molecule has 3 aromatic carbocycles. The van der Waals surface area contributed by atoms with Gasteiger partial charge in [-0.15, -0.1) is 0 Å². The fourth-order valence-corrected chi connectivity index (χ4v) is 4.61. The molecule has 1 heterocycles. The van der Waals surface area contributed by atoms with Gasteiger partial charge in [0.05, 0.1) is 6.42 Å². The van der Waals surface area contributed by atoms with Gasteiger partial charge in [-0.05, 0) is 59.9 Å². The summed E-state index contributed by atoms with van der Waals surface area (Å²) < 4.78 is 20.3. The van der Waals surface area contributed by atoms with E-state index in [9.17, 15) is 19.1 Å². The highest BCUT2D eigenvalue weighted by molar-refractivity contribution is 6.30. The summed E-state index contributed by atoms with van der Waals surface area (Å²) in [5, 5.41) is 9.93. The van der Waals surface area contributed by atoms with Crippen LogP contribution in [0.5, 0.6) is 5.75 Å². The molecule has 35 heavy (non-hydrogen) atoms. The van der Waals surface area contributed by atoms with Crippen molar-refractivity contribution in [2.45, 2.75) is 38.2 Å². The Morgan fingerprint density at radius 3 is 2.51 bits per heavy atom. The van der Waals surface area contributed by atoms with Gasteiger partial charge in [-0.2, -0.15) is 0 Å². The topological polar surface area (TPSA) is 66.8 Å². The van der Waals surface area contributed by atoms with Crippen LogP contribution in [0.2, 0.25) is 5.02 Å². The number of ether oxygens (including phenoxy) is 1. The second-order valence-electron chi connectivity index (χ2n) is 9.20. The van der Waals surface area contributed by atoms with Crippen molar-refractivity contribution in [2.75, 3.05) is 13.1 Å². The van der Waals surface area contributed by atoms with Crippen LogP contribution in [0.3, 0.4) is 0 Å². The van der Waals surface area contributed by atoms with Crippen LogP contribution >= 0.6 is 11.6 Å². The molecular formula is C28H27ClFNO4. The maximum atomic E-state index is 14.2. The summed E-state index contributed by atoms with van der Waals surface area (Å²) in [5.41, 5.74) is 2.74. The molecule has 0 unspecified atom stereocenters. The van der Waals surface area contributed by atoms with Crippen LogP contribution in [0.15, 0.2) is 66.7 Å². The third-order valence-electron chi connectivity index (χ3n) is 6.19. The van der Waals surface area contributed by atoms with Crippen LogP contribution in [0.1, 0.15) is 29.2 Å². The number of hydrogen-bond acceptors (Lipinski definition) is 3. The van der Waals surface area contributed by atoms with E-state index < -0.39 is 11.6 Å². The van der Waals surface area contributed by atoms with E-state index in [1.165, 1.54) is 11.0 Å². The molecule has 1 aliphatic heterocycles. The molecule has 0 saturated carbocycles. The van der Waals surface area contributed by atoms with Crippen molar-refractivity contribution >= 4 is 23.5 Å². The monoisotopic (exact) mass is 495 g/mol. The van der Waals surface area contributed by atoms with Crippen LogP contribution in [0.25, 0.3) is 0 Å². The van der Waals surface area contributed by atoms with E-state index in [1.807, 2.05) is 43.3 Å². The Kier molecular flexibility index (Phi) is 7.41. The van der Waals surface area contributed by atoms with E-state index in [-0.39, 0.29) is 24.7 Å². The summed E-state index contributed by atoms with van der Waals surface area (Å²) in [7, 11) is 0. The SMILES string of the molecule is C[C@]1(Cc2ccccc2F)Cc2cc(CC(=O)N(CCc3ccc(Cl)cc3)CC(=O)O)ccc2O1. The predicted octanol–water partition coefficient (Wildman–Crippen LogP) is 5.11. The zero-order chi connectivity index (χ0) is 25.0. The Bertz CT molecular complexity index is 1230. The van der Waals surface area contributed by atoms with Gasteiger partial charge < -0.3 is 14.7 Å². The van der Waals surface area contributed by atoms with Crippen molar-refractivity contribution in [2.24, 2.45) is 0 Å². The van der Waals surface area contributed by atoms with Crippen molar-refractivity contribution in [1.82, 2.24) is 4.90 Å². The minimum absolute atomic E-state index is 0.0885. The maximum absolute atomic E-state index is 14.2. The predicted molar refractivity (Wildman–Crippen MR) is 132 cm³/mol. The zero-order valence-corrected chi connectivity index (χ0v) is 20.2.